The summed E-state index contributed by atoms with van der Waals surface area (Å²) < 4.78 is 10.7. The molecule has 2 aliphatic rings. The van der Waals surface area contributed by atoms with Gasteiger partial charge in [0.1, 0.15) is 11.5 Å². The minimum atomic E-state index is -0.497. The van der Waals surface area contributed by atoms with Gasteiger partial charge in [0.05, 0.1) is 30.6 Å². The fraction of sp³-hybridized carbons (Fsp3) is 0.318. The number of furan rings is 1. The molecule has 1 aromatic carbocycles. The van der Waals surface area contributed by atoms with Crippen molar-refractivity contribution in [3.05, 3.63) is 70.2 Å². The molecule has 1 unspecified atom stereocenters. The van der Waals surface area contributed by atoms with Crippen LogP contribution in [0.25, 0.3) is 6.08 Å². The van der Waals surface area contributed by atoms with Crippen LogP contribution in [0.15, 0.2) is 63.4 Å². The van der Waals surface area contributed by atoms with Gasteiger partial charge in [0, 0.05) is 37.5 Å². The van der Waals surface area contributed by atoms with Crippen molar-refractivity contribution in [2.24, 2.45) is 10.2 Å². The van der Waals surface area contributed by atoms with E-state index in [1.54, 1.807) is 42.7 Å². The average Bonchev–Trinajstić information content (AvgIpc) is 3.38. The maximum absolute atomic E-state index is 13.2. The van der Waals surface area contributed by atoms with Gasteiger partial charge in [-0.05, 0) is 42.0 Å². The molecule has 34 heavy (non-hydrogen) atoms. The Morgan fingerprint density at radius 2 is 2.03 bits per heavy atom. The molecule has 1 amide bonds. The number of carbonyl (C=O) groups is 1. The SMILES string of the molecule is O=C1C(/C=C/c2ccco2)=NNC(SCCN2CCOCC2)N1/N=C/c1ccc([N+](=O)[O-])cc1. The molecule has 2 aliphatic heterocycles. The van der Waals surface area contributed by atoms with Crippen molar-refractivity contribution in [2.45, 2.75) is 5.50 Å². The monoisotopic (exact) mass is 484 g/mol. The number of nitro benzene ring substituents is 1. The highest BCUT2D eigenvalue weighted by Gasteiger charge is 2.31. The molecule has 0 aliphatic carbocycles. The smallest absolute Gasteiger partial charge is 0.297 e. The number of hydrogen-bond acceptors (Lipinski definition) is 10. The lowest BCUT2D eigenvalue weighted by molar-refractivity contribution is -0.384. The summed E-state index contributed by atoms with van der Waals surface area (Å²) in [7, 11) is 0. The molecule has 178 valence electrons. The third kappa shape index (κ3) is 6.31. The molecule has 0 spiro atoms. The molecule has 1 N–H and O–H groups in total. The van der Waals surface area contributed by atoms with Crippen molar-refractivity contribution < 1.29 is 18.9 Å². The molecule has 1 fully saturated rings. The van der Waals surface area contributed by atoms with Crippen molar-refractivity contribution in [2.75, 3.05) is 38.6 Å². The number of thioether (sulfide) groups is 1. The molecule has 12 heteroatoms. The summed E-state index contributed by atoms with van der Waals surface area (Å²) in [6.45, 7) is 4.09. The van der Waals surface area contributed by atoms with E-state index in [1.807, 2.05) is 0 Å². The van der Waals surface area contributed by atoms with Gasteiger partial charge in [-0.3, -0.25) is 25.2 Å². The zero-order valence-corrected chi connectivity index (χ0v) is 19.1. The van der Waals surface area contributed by atoms with Crippen LogP contribution in [-0.2, 0) is 9.53 Å². The van der Waals surface area contributed by atoms with Crippen molar-refractivity contribution in [1.82, 2.24) is 15.3 Å². The highest BCUT2D eigenvalue weighted by atomic mass is 32.2. The van der Waals surface area contributed by atoms with E-state index < -0.39 is 10.4 Å². The van der Waals surface area contributed by atoms with Crippen LogP contribution in [0.3, 0.4) is 0 Å². The second-order valence-corrected chi connectivity index (χ2v) is 8.58. The molecular weight excluding hydrogens is 460 g/mol. The molecule has 0 saturated carbocycles. The minimum absolute atomic E-state index is 0.0121. The second kappa shape index (κ2) is 11.6. The third-order valence-corrected chi connectivity index (χ3v) is 6.15. The molecule has 1 atom stereocenters. The summed E-state index contributed by atoms with van der Waals surface area (Å²) in [5.41, 5.74) is 3.31. The summed E-state index contributed by atoms with van der Waals surface area (Å²) >= 11 is 1.52. The fourth-order valence-electron chi connectivity index (χ4n) is 3.26. The molecule has 11 nitrogen and oxygen atoms in total. The van der Waals surface area contributed by atoms with Crippen molar-refractivity contribution >= 4 is 41.4 Å². The average molecular weight is 485 g/mol. The van der Waals surface area contributed by atoms with Crippen LogP contribution in [-0.4, -0.2) is 76.8 Å². The molecule has 1 aromatic heterocycles. The molecular formula is C22H24N6O5S. The number of nitrogens with zero attached hydrogens (tertiary/aromatic N) is 5. The predicted octanol–water partition coefficient (Wildman–Crippen LogP) is 2.37. The van der Waals surface area contributed by atoms with Crippen molar-refractivity contribution in [1.29, 1.82) is 0 Å². The number of non-ortho nitro benzene ring substituents is 1. The summed E-state index contributed by atoms with van der Waals surface area (Å²) in [6.07, 6.45) is 6.27. The Bertz CT molecular complexity index is 1060. The summed E-state index contributed by atoms with van der Waals surface area (Å²) in [4.78, 5) is 25.9. The maximum atomic E-state index is 13.2. The lowest BCUT2D eigenvalue weighted by Gasteiger charge is -2.31. The maximum Gasteiger partial charge on any atom is 0.297 e. The van der Waals surface area contributed by atoms with E-state index in [0.29, 0.717) is 11.3 Å². The second-order valence-electron chi connectivity index (χ2n) is 7.39. The summed E-state index contributed by atoms with van der Waals surface area (Å²) in [5, 5.41) is 20.8. The van der Waals surface area contributed by atoms with E-state index in [4.69, 9.17) is 9.15 Å². The van der Waals surface area contributed by atoms with Gasteiger partial charge in [-0.2, -0.15) is 15.2 Å². The number of amides is 1. The van der Waals surface area contributed by atoms with Crippen molar-refractivity contribution in [3.8, 4) is 0 Å². The Morgan fingerprint density at radius 1 is 1.24 bits per heavy atom. The number of nitro groups is 1. The Kier molecular flexibility index (Phi) is 8.07. The van der Waals surface area contributed by atoms with Crippen molar-refractivity contribution in [3.63, 3.8) is 0 Å². The first-order chi connectivity index (χ1) is 16.6. The standard InChI is InChI=1S/C22H24N6O5S/c29-21-20(8-7-19-2-1-12-33-19)24-25-22(34-15-11-26-9-13-32-14-10-26)27(21)23-16-17-3-5-18(6-4-17)28(30)31/h1-8,12,16,22,25H,9-11,13-15H2/b8-7+,23-16+. The van der Waals surface area contributed by atoms with E-state index in [0.717, 1.165) is 38.6 Å². The van der Waals surface area contributed by atoms with Gasteiger partial charge in [-0.25, -0.2) is 0 Å². The van der Waals surface area contributed by atoms with Crippen LogP contribution in [0.4, 0.5) is 5.69 Å². The number of hydrazone groups is 2. The van der Waals surface area contributed by atoms with Crippen LogP contribution >= 0.6 is 11.8 Å². The Balaban J connectivity index is 1.46. The first-order valence-electron chi connectivity index (χ1n) is 10.7. The number of morpholine rings is 1. The van der Waals surface area contributed by atoms with Gasteiger partial charge in [0.2, 0.25) is 0 Å². The molecule has 2 aromatic rings. The molecule has 3 heterocycles. The van der Waals surface area contributed by atoms with E-state index >= 15 is 0 Å². The molecule has 0 radical (unpaired) electrons. The summed E-state index contributed by atoms with van der Waals surface area (Å²) in [6, 6.07) is 9.47. The van der Waals surface area contributed by atoms with Gasteiger partial charge >= 0.3 is 0 Å². The quantitative estimate of drug-likeness (QED) is 0.327. The zero-order valence-electron chi connectivity index (χ0n) is 18.3. The zero-order chi connectivity index (χ0) is 23.8. The first-order valence-corrected chi connectivity index (χ1v) is 11.7. The lowest BCUT2D eigenvalue weighted by atomic mass is 10.2. The normalized spacial score (nSPS) is 19.5. The lowest BCUT2D eigenvalue weighted by Crippen LogP contribution is -2.50. The van der Waals surface area contributed by atoms with Gasteiger partial charge in [-0.1, -0.05) is 0 Å². The topological polar surface area (TPSA) is 126 Å². The van der Waals surface area contributed by atoms with E-state index in [9.17, 15) is 14.9 Å². The fourth-order valence-corrected chi connectivity index (χ4v) is 4.26. The molecule has 4 rings (SSSR count). The molecule has 0 bridgehead atoms. The highest BCUT2D eigenvalue weighted by Crippen LogP contribution is 2.19. The van der Waals surface area contributed by atoms with Crippen LogP contribution in [0.5, 0.6) is 0 Å². The third-order valence-electron chi connectivity index (χ3n) is 5.12. The van der Waals surface area contributed by atoms with E-state index in [2.05, 4.69) is 20.5 Å². The Morgan fingerprint density at radius 3 is 2.74 bits per heavy atom. The van der Waals surface area contributed by atoms with Gasteiger partial charge in [0.25, 0.3) is 11.6 Å². The number of carbonyl (C=O) groups excluding carboxylic acids is 1. The van der Waals surface area contributed by atoms with Gasteiger partial charge < -0.3 is 9.15 Å². The number of nitrogens with one attached hydrogen (secondary N) is 1. The minimum Gasteiger partial charge on any atom is -0.465 e. The Hall–Kier alpha value is -3.48. The Labute approximate surface area is 200 Å². The van der Waals surface area contributed by atoms with E-state index in [1.165, 1.54) is 35.1 Å². The largest absolute Gasteiger partial charge is 0.465 e. The number of ether oxygens (including phenoxy) is 1. The van der Waals surface area contributed by atoms with Crippen LogP contribution < -0.4 is 5.43 Å². The van der Waals surface area contributed by atoms with Gasteiger partial charge in [-0.15, -0.1) is 11.8 Å². The number of hydrogen-bond donors (Lipinski definition) is 1. The number of rotatable bonds is 9. The van der Waals surface area contributed by atoms with Crippen LogP contribution in [0.2, 0.25) is 0 Å². The summed E-state index contributed by atoms with van der Waals surface area (Å²) in [5.74, 6) is 0.990. The first kappa shape index (κ1) is 23.7. The predicted molar refractivity (Wildman–Crippen MR) is 129 cm³/mol. The van der Waals surface area contributed by atoms with Crippen LogP contribution in [0, 0.1) is 10.1 Å². The highest BCUT2D eigenvalue weighted by molar-refractivity contribution is 7.99. The molecule has 1 saturated heterocycles. The van der Waals surface area contributed by atoms with Crippen LogP contribution in [0.1, 0.15) is 11.3 Å². The van der Waals surface area contributed by atoms with E-state index in [-0.39, 0.29) is 17.3 Å². The van der Waals surface area contributed by atoms with Gasteiger partial charge in [0.15, 0.2) is 5.50 Å². The number of benzene rings is 1.